The molecule has 0 saturated carbocycles. The minimum Gasteiger partial charge on any atom is -0.465 e. The third-order valence-electron chi connectivity index (χ3n) is 10.0. The zero-order valence-electron chi connectivity index (χ0n) is 32.2. The molecule has 0 rings (SSSR count). The fraction of sp³-hybridized carbons (Fsp3) is 0.932. The molecule has 0 unspecified atom stereocenters. The first-order valence-electron chi connectivity index (χ1n) is 21.5. The SMILES string of the molecule is CCCCCCCCCC/C=C/CCCCCCCCCCCCCCCC[C@@H](C)C(=O)OCCCCCCCCCCCCC. The van der Waals surface area contributed by atoms with Gasteiger partial charge < -0.3 is 4.74 Å². The number of hydrogen-bond acceptors (Lipinski definition) is 2. The number of unbranched alkanes of at least 4 members (excludes halogenated alkanes) is 32. The van der Waals surface area contributed by atoms with E-state index in [1.54, 1.807) is 0 Å². The van der Waals surface area contributed by atoms with Crippen molar-refractivity contribution in [2.24, 2.45) is 5.92 Å². The summed E-state index contributed by atoms with van der Waals surface area (Å²) in [5.74, 6) is 0.0998. The van der Waals surface area contributed by atoms with E-state index in [4.69, 9.17) is 4.74 Å². The van der Waals surface area contributed by atoms with E-state index in [-0.39, 0.29) is 11.9 Å². The van der Waals surface area contributed by atoms with Crippen LogP contribution >= 0.6 is 0 Å². The Morgan fingerprint density at radius 3 is 1.04 bits per heavy atom. The van der Waals surface area contributed by atoms with Gasteiger partial charge in [0.25, 0.3) is 0 Å². The van der Waals surface area contributed by atoms with Crippen LogP contribution in [0.15, 0.2) is 12.2 Å². The van der Waals surface area contributed by atoms with Crippen molar-refractivity contribution in [1.82, 2.24) is 0 Å². The summed E-state index contributed by atoms with van der Waals surface area (Å²) in [6.45, 7) is 7.25. The molecule has 0 bridgehead atoms. The molecule has 0 heterocycles. The Morgan fingerprint density at radius 2 is 0.696 bits per heavy atom. The second-order valence-electron chi connectivity index (χ2n) is 14.9. The van der Waals surface area contributed by atoms with Crippen molar-refractivity contribution in [3.8, 4) is 0 Å². The van der Waals surface area contributed by atoms with Gasteiger partial charge >= 0.3 is 5.97 Å². The first-order valence-corrected chi connectivity index (χ1v) is 21.5. The highest BCUT2D eigenvalue weighted by atomic mass is 16.5. The van der Waals surface area contributed by atoms with Crippen LogP contribution in [0, 0.1) is 5.92 Å². The van der Waals surface area contributed by atoms with Crippen molar-refractivity contribution in [2.75, 3.05) is 6.61 Å². The topological polar surface area (TPSA) is 26.3 Å². The molecule has 2 heteroatoms. The lowest BCUT2D eigenvalue weighted by atomic mass is 10.0. The Kier molecular flexibility index (Phi) is 39.7. The fourth-order valence-corrected chi connectivity index (χ4v) is 6.66. The predicted molar refractivity (Wildman–Crippen MR) is 207 cm³/mol. The van der Waals surface area contributed by atoms with Gasteiger partial charge in [0.15, 0.2) is 0 Å². The summed E-state index contributed by atoms with van der Waals surface area (Å²) in [5, 5.41) is 0. The molecule has 0 aliphatic rings. The van der Waals surface area contributed by atoms with Crippen molar-refractivity contribution in [2.45, 2.75) is 252 Å². The van der Waals surface area contributed by atoms with Gasteiger partial charge in [-0.1, -0.05) is 226 Å². The highest BCUT2D eigenvalue weighted by molar-refractivity contribution is 5.71. The van der Waals surface area contributed by atoms with Gasteiger partial charge in [0, 0.05) is 0 Å². The zero-order valence-corrected chi connectivity index (χ0v) is 32.2. The summed E-state index contributed by atoms with van der Waals surface area (Å²) < 4.78 is 5.55. The van der Waals surface area contributed by atoms with E-state index in [1.165, 1.54) is 218 Å². The lowest BCUT2D eigenvalue weighted by Crippen LogP contribution is -2.15. The van der Waals surface area contributed by atoms with Crippen molar-refractivity contribution in [3.63, 3.8) is 0 Å². The summed E-state index contributed by atoms with van der Waals surface area (Å²) >= 11 is 0. The van der Waals surface area contributed by atoms with Crippen LogP contribution in [0.2, 0.25) is 0 Å². The van der Waals surface area contributed by atoms with Crippen molar-refractivity contribution >= 4 is 5.97 Å². The predicted octanol–water partition coefficient (Wildman–Crippen LogP) is 15.8. The van der Waals surface area contributed by atoms with E-state index in [2.05, 4.69) is 32.9 Å². The van der Waals surface area contributed by atoms with Gasteiger partial charge in [-0.2, -0.15) is 0 Å². The fourth-order valence-electron chi connectivity index (χ4n) is 6.66. The van der Waals surface area contributed by atoms with Crippen LogP contribution < -0.4 is 0 Å². The molecule has 0 aromatic carbocycles. The summed E-state index contributed by atoms with van der Waals surface area (Å²) in [7, 11) is 0. The largest absolute Gasteiger partial charge is 0.465 e. The van der Waals surface area contributed by atoms with Gasteiger partial charge in [-0.05, 0) is 38.5 Å². The van der Waals surface area contributed by atoms with Gasteiger partial charge in [0.05, 0.1) is 12.5 Å². The van der Waals surface area contributed by atoms with Crippen LogP contribution in [0.4, 0.5) is 0 Å². The molecule has 0 spiro atoms. The van der Waals surface area contributed by atoms with Gasteiger partial charge in [0.2, 0.25) is 0 Å². The smallest absolute Gasteiger partial charge is 0.308 e. The van der Waals surface area contributed by atoms with Crippen LogP contribution in [-0.2, 0) is 9.53 Å². The normalized spacial score (nSPS) is 12.3. The second kappa shape index (κ2) is 40.4. The molecule has 0 N–H and O–H groups in total. The Hall–Kier alpha value is -0.790. The van der Waals surface area contributed by atoms with Crippen LogP contribution in [0.3, 0.4) is 0 Å². The molecule has 0 amide bonds. The minimum absolute atomic E-state index is 0.0313. The van der Waals surface area contributed by atoms with Gasteiger partial charge in [-0.3, -0.25) is 4.79 Å². The third kappa shape index (κ3) is 37.7. The average Bonchev–Trinajstić information content (AvgIpc) is 3.06. The highest BCUT2D eigenvalue weighted by Crippen LogP contribution is 2.17. The number of carbonyl (C=O) groups excluding carboxylic acids is 1. The lowest BCUT2D eigenvalue weighted by molar-refractivity contribution is -0.148. The molecule has 274 valence electrons. The average molecular weight is 647 g/mol. The van der Waals surface area contributed by atoms with Gasteiger partial charge in [-0.15, -0.1) is 0 Å². The Labute approximate surface area is 291 Å². The number of allylic oxidation sites excluding steroid dienone is 2. The van der Waals surface area contributed by atoms with Crippen LogP contribution in [0.25, 0.3) is 0 Å². The zero-order chi connectivity index (χ0) is 33.4. The van der Waals surface area contributed by atoms with Crippen LogP contribution in [-0.4, -0.2) is 12.6 Å². The van der Waals surface area contributed by atoms with Gasteiger partial charge in [0.1, 0.15) is 0 Å². The van der Waals surface area contributed by atoms with E-state index in [0.717, 1.165) is 12.8 Å². The summed E-state index contributed by atoms with van der Waals surface area (Å²) in [6.07, 6.45) is 53.8. The number of esters is 1. The molecular formula is C44H86O2. The molecular weight excluding hydrogens is 560 g/mol. The number of ether oxygens (including phenoxy) is 1. The maximum Gasteiger partial charge on any atom is 0.308 e. The second-order valence-corrected chi connectivity index (χ2v) is 14.9. The van der Waals surface area contributed by atoms with Crippen molar-refractivity contribution in [1.29, 1.82) is 0 Å². The highest BCUT2D eigenvalue weighted by Gasteiger charge is 2.13. The molecule has 0 fully saturated rings. The van der Waals surface area contributed by atoms with E-state index < -0.39 is 0 Å². The molecule has 0 aliphatic carbocycles. The third-order valence-corrected chi connectivity index (χ3v) is 10.0. The van der Waals surface area contributed by atoms with Crippen LogP contribution in [0.1, 0.15) is 252 Å². The standard InChI is InChI=1S/C44H86O2/c1-4-6-8-10-12-14-16-17-18-19-20-21-22-23-24-25-26-27-28-29-30-31-33-35-37-39-41-43(3)44(45)46-42-40-38-36-34-32-15-13-11-9-7-5-2/h19-20,43H,4-18,21-42H2,1-3H3/b20-19+/t43-/m1/s1. The van der Waals surface area contributed by atoms with E-state index in [9.17, 15) is 4.79 Å². The van der Waals surface area contributed by atoms with Crippen molar-refractivity contribution < 1.29 is 9.53 Å². The molecule has 0 radical (unpaired) electrons. The molecule has 0 aromatic heterocycles. The quantitative estimate of drug-likeness (QED) is 0.0377. The number of rotatable bonds is 39. The first-order chi connectivity index (χ1) is 22.7. The lowest BCUT2D eigenvalue weighted by Gasteiger charge is -2.11. The number of carbonyl (C=O) groups is 1. The Morgan fingerprint density at radius 1 is 0.413 bits per heavy atom. The monoisotopic (exact) mass is 647 g/mol. The molecule has 1 atom stereocenters. The maximum absolute atomic E-state index is 12.3. The summed E-state index contributed by atoms with van der Waals surface area (Å²) in [6, 6.07) is 0. The van der Waals surface area contributed by atoms with Gasteiger partial charge in [-0.25, -0.2) is 0 Å². The molecule has 0 saturated heterocycles. The van der Waals surface area contributed by atoms with E-state index >= 15 is 0 Å². The summed E-state index contributed by atoms with van der Waals surface area (Å²) in [4.78, 5) is 12.3. The molecule has 46 heavy (non-hydrogen) atoms. The molecule has 0 aromatic rings. The molecule has 0 aliphatic heterocycles. The van der Waals surface area contributed by atoms with Crippen LogP contribution in [0.5, 0.6) is 0 Å². The van der Waals surface area contributed by atoms with E-state index in [0.29, 0.717) is 6.61 Å². The van der Waals surface area contributed by atoms with E-state index in [1.807, 2.05) is 0 Å². The Bertz CT molecular complexity index is 597. The minimum atomic E-state index is 0.0313. The summed E-state index contributed by atoms with van der Waals surface area (Å²) in [5.41, 5.74) is 0. The first kappa shape index (κ1) is 45.2. The number of hydrogen-bond donors (Lipinski definition) is 0. The van der Waals surface area contributed by atoms with Crippen molar-refractivity contribution in [3.05, 3.63) is 12.2 Å². The maximum atomic E-state index is 12.3. The Balaban J connectivity index is 3.26. The molecule has 2 nitrogen and oxygen atoms in total.